The van der Waals surface area contributed by atoms with Crippen molar-refractivity contribution in [2.45, 2.75) is 65.5 Å². The summed E-state index contributed by atoms with van der Waals surface area (Å²) in [5.74, 6) is 0.921. The van der Waals surface area contributed by atoms with Crippen LogP contribution in [-0.4, -0.2) is 63.3 Å². The van der Waals surface area contributed by atoms with Gasteiger partial charge >= 0.3 is 0 Å². The van der Waals surface area contributed by atoms with Crippen LogP contribution < -0.4 is 10.6 Å². The molecule has 0 aliphatic carbocycles. The zero-order valence-corrected chi connectivity index (χ0v) is 16.1. The number of likely N-dealkylation sites (tertiary alicyclic amines) is 1. The van der Waals surface area contributed by atoms with E-state index in [4.69, 9.17) is 4.74 Å². The van der Waals surface area contributed by atoms with Gasteiger partial charge in [-0.2, -0.15) is 0 Å². The molecule has 1 aliphatic heterocycles. The Labute approximate surface area is 143 Å². The van der Waals surface area contributed by atoms with Gasteiger partial charge < -0.3 is 15.4 Å². The van der Waals surface area contributed by atoms with E-state index in [1.807, 2.05) is 7.05 Å². The molecule has 1 rings (SSSR count). The topological polar surface area (TPSA) is 48.9 Å². The molecule has 5 nitrogen and oxygen atoms in total. The van der Waals surface area contributed by atoms with Crippen LogP contribution >= 0.6 is 0 Å². The molecule has 136 valence electrons. The third-order valence-corrected chi connectivity index (χ3v) is 4.52. The minimum atomic E-state index is 0.387. The van der Waals surface area contributed by atoms with E-state index in [-0.39, 0.29) is 0 Å². The molecule has 1 aliphatic rings. The van der Waals surface area contributed by atoms with Crippen LogP contribution in [0.25, 0.3) is 0 Å². The van der Waals surface area contributed by atoms with Crippen LogP contribution in [0.1, 0.15) is 53.4 Å². The van der Waals surface area contributed by atoms with Crippen LogP contribution in [0.15, 0.2) is 4.99 Å². The number of guanidine groups is 1. The zero-order chi connectivity index (χ0) is 17.3. The molecule has 0 bridgehead atoms. The smallest absolute Gasteiger partial charge is 0.191 e. The molecule has 2 atom stereocenters. The van der Waals surface area contributed by atoms with Crippen LogP contribution in [0, 0.1) is 5.41 Å². The van der Waals surface area contributed by atoms with Crippen molar-refractivity contribution in [3.05, 3.63) is 0 Å². The number of methoxy groups -OCH3 is 1. The van der Waals surface area contributed by atoms with Crippen molar-refractivity contribution in [3.8, 4) is 0 Å². The summed E-state index contributed by atoms with van der Waals surface area (Å²) in [7, 11) is 3.62. The Morgan fingerprint density at radius 1 is 1.39 bits per heavy atom. The summed E-state index contributed by atoms with van der Waals surface area (Å²) >= 11 is 0. The Bertz CT molecular complexity index is 351. The number of nitrogens with one attached hydrogen (secondary N) is 2. The molecule has 1 heterocycles. The Hall–Kier alpha value is -0.810. The number of hydrogen-bond donors (Lipinski definition) is 2. The minimum Gasteiger partial charge on any atom is -0.383 e. The maximum absolute atomic E-state index is 5.21. The Morgan fingerprint density at radius 2 is 2.13 bits per heavy atom. The van der Waals surface area contributed by atoms with E-state index >= 15 is 0 Å². The molecule has 23 heavy (non-hydrogen) atoms. The molecule has 0 aromatic rings. The van der Waals surface area contributed by atoms with Gasteiger partial charge in [-0.05, 0) is 44.6 Å². The molecule has 0 spiro atoms. The lowest BCUT2D eigenvalue weighted by Gasteiger charge is -2.26. The molecule has 0 radical (unpaired) electrons. The summed E-state index contributed by atoms with van der Waals surface area (Å²) in [5, 5.41) is 7.02. The van der Waals surface area contributed by atoms with Gasteiger partial charge in [0.05, 0.1) is 6.61 Å². The standard InChI is InChI=1S/C18H38N4O/c1-15(9-10-18(2,3)4)21-17(19-5)20-14-16-8-7-11-22(16)12-13-23-6/h15-16H,7-14H2,1-6H3,(H2,19,20,21). The largest absolute Gasteiger partial charge is 0.383 e. The molecule has 0 amide bonds. The van der Waals surface area contributed by atoms with Gasteiger partial charge in [-0.3, -0.25) is 9.89 Å². The highest BCUT2D eigenvalue weighted by molar-refractivity contribution is 5.79. The van der Waals surface area contributed by atoms with Crippen molar-refractivity contribution in [1.29, 1.82) is 0 Å². The number of hydrogen-bond acceptors (Lipinski definition) is 3. The first kappa shape index (κ1) is 20.2. The molecule has 2 N–H and O–H groups in total. The fraction of sp³-hybridized carbons (Fsp3) is 0.944. The number of aliphatic imine (C=N–C) groups is 1. The number of nitrogens with zero attached hydrogens (tertiary/aromatic N) is 2. The third-order valence-electron chi connectivity index (χ3n) is 4.52. The molecular formula is C18H38N4O. The van der Waals surface area contributed by atoms with Gasteiger partial charge in [0.2, 0.25) is 0 Å². The van der Waals surface area contributed by atoms with Crippen molar-refractivity contribution in [2.24, 2.45) is 10.4 Å². The first-order valence-corrected chi connectivity index (χ1v) is 9.06. The van der Waals surface area contributed by atoms with Gasteiger partial charge in [-0.1, -0.05) is 20.8 Å². The van der Waals surface area contributed by atoms with Crippen molar-refractivity contribution in [2.75, 3.05) is 40.4 Å². The van der Waals surface area contributed by atoms with Gasteiger partial charge in [-0.25, -0.2) is 0 Å². The van der Waals surface area contributed by atoms with Gasteiger partial charge in [0.15, 0.2) is 5.96 Å². The predicted octanol–water partition coefficient (Wildman–Crippen LogP) is 2.48. The predicted molar refractivity (Wildman–Crippen MR) is 99.1 cm³/mol. The molecule has 2 unspecified atom stereocenters. The Kier molecular flexibility index (Phi) is 8.92. The average molecular weight is 327 g/mol. The number of ether oxygens (including phenoxy) is 1. The zero-order valence-electron chi connectivity index (χ0n) is 16.1. The fourth-order valence-corrected chi connectivity index (χ4v) is 2.99. The summed E-state index contributed by atoms with van der Waals surface area (Å²) in [6, 6.07) is 1.03. The second-order valence-electron chi connectivity index (χ2n) is 7.92. The lowest BCUT2D eigenvalue weighted by Crippen LogP contribution is -2.47. The molecule has 1 fully saturated rings. The van der Waals surface area contributed by atoms with E-state index in [0.717, 1.165) is 32.1 Å². The highest BCUT2D eigenvalue weighted by atomic mass is 16.5. The van der Waals surface area contributed by atoms with E-state index in [1.54, 1.807) is 7.11 Å². The van der Waals surface area contributed by atoms with Gasteiger partial charge in [-0.15, -0.1) is 0 Å². The van der Waals surface area contributed by atoms with E-state index in [9.17, 15) is 0 Å². The highest BCUT2D eigenvalue weighted by Gasteiger charge is 2.24. The number of rotatable bonds is 8. The van der Waals surface area contributed by atoms with Crippen LogP contribution in [0.3, 0.4) is 0 Å². The third kappa shape index (κ3) is 8.56. The van der Waals surface area contributed by atoms with E-state index in [2.05, 4.69) is 48.2 Å². The highest BCUT2D eigenvalue weighted by Crippen LogP contribution is 2.21. The van der Waals surface area contributed by atoms with E-state index < -0.39 is 0 Å². The van der Waals surface area contributed by atoms with Gasteiger partial charge in [0, 0.05) is 39.3 Å². The normalized spacial score (nSPS) is 21.5. The first-order valence-electron chi connectivity index (χ1n) is 9.06. The molecule has 5 heteroatoms. The van der Waals surface area contributed by atoms with Crippen molar-refractivity contribution in [3.63, 3.8) is 0 Å². The molecule has 1 saturated heterocycles. The summed E-state index contributed by atoms with van der Waals surface area (Å²) in [6.07, 6.45) is 4.91. The second kappa shape index (κ2) is 10.1. The first-order chi connectivity index (χ1) is 10.9. The summed E-state index contributed by atoms with van der Waals surface area (Å²) in [6.45, 7) is 13.1. The minimum absolute atomic E-state index is 0.387. The lowest BCUT2D eigenvalue weighted by molar-refractivity contribution is 0.141. The monoisotopic (exact) mass is 326 g/mol. The second-order valence-corrected chi connectivity index (χ2v) is 7.92. The van der Waals surface area contributed by atoms with Crippen LogP contribution in [0.2, 0.25) is 0 Å². The van der Waals surface area contributed by atoms with Crippen LogP contribution in [-0.2, 0) is 4.74 Å². The maximum Gasteiger partial charge on any atom is 0.191 e. The Morgan fingerprint density at radius 3 is 2.74 bits per heavy atom. The maximum atomic E-state index is 5.21. The SMILES string of the molecule is CN=C(NCC1CCCN1CCOC)NC(C)CCC(C)(C)C. The Balaban J connectivity index is 2.33. The molecular weight excluding hydrogens is 288 g/mol. The summed E-state index contributed by atoms with van der Waals surface area (Å²) in [5.41, 5.74) is 0.387. The van der Waals surface area contributed by atoms with Crippen LogP contribution in [0.5, 0.6) is 0 Å². The molecule has 0 saturated carbocycles. The van der Waals surface area contributed by atoms with E-state index in [0.29, 0.717) is 17.5 Å². The van der Waals surface area contributed by atoms with Gasteiger partial charge in [0.1, 0.15) is 0 Å². The van der Waals surface area contributed by atoms with E-state index in [1.165, 1.54) is 25.8 Å². The fourth-order valence-electron chi connectivity index (χ4n) is 2.99. The van der Waals surface area contributed by atoms with Crippen molar-refractivity contribution < 1.29 is 4.74 Å². The van der Waals surface area contributed by atoms with Crippen LogP contribution in [0.4, 0.5) is 0 Å². The van der Waals surface area contributed by atoms with Gasteiger partial charge in [0.25, 0.3) is 0 Å². The summed E-state index contributed by atoms with van der Waals surface area (Å²) < 4.78 is 5.21. The molecule has 0 aromatic heterocycles. The van der Waals surface area contributed by atoms with Crippen molar-refractivity contribution in [1.82, 2.24) is 15.5 Å². The summed E-state index contributed by atoms with van der Waals surface area (Å²) in [4.78, 5) is 6.89. The lowest BCUT2D eigenvalue weighted by atomic mass is 9.89. The average Bonchev–Trinajstić information content (AvgIpc) is 2.94. The quantitative estimate of drug-likeness (QED) is 0.531. The molecule has 0 aromatic carbocycles. The van der Waals surface area contributed by atoms with Crippen molar-refractivity contribution >= 4 is 5.96 Å².